The normalized spacial score (nSPS) is 20.9. The van der Waals surface area contributed by atoms with Crippen molar-refractivity contribution in [2.75, 3.05) is 19.8 Å². The quantitative estimate of drug-likeness (QED) is 0.869. The summed E-state index contributed by atoms with van der Waals surface area (Å²) in [5.74, 6) is 0.0970. The number of piperidine rings is 1. The van der Waals surface area contributed by atoms with Crippen LogP contribution in [-0.2, 0) is 9.59 Å². The molecule has 2 atom stereocenters. The molecule has 0 bridgehead atoms. The first-order valence-electron chi connectivity index (χ1n) is 7.89. The molecule has 0 saturated carbocycles. The van der Waals surface area contributed by atoms with Gasteiger partial charge >= 0.3 is 5.97 Å². The molecule has 0 aromatic heterocycles. The molecule has 1 amide bonds. The average molecular weight is 321 g/mol. The Balaban J connectivity index is 2.00. The maximum atomic E-state index is 12.4. The Labute approximate surface area is 136 Å². The summed E-state index contributed by atoms with van der Waals surface area (Å²) in [6.45, 7) is 4.63. The lowest BCUT2D eigenvalue weighted by molar-refractivity contribution is -0.153. The molecule has 23 heavy (non-hydrogen) atoms. The fourth-order valence-corrected chi connectivity index (χ4v) is 2.74. The first-order valence-corrected chi connectivity index (χ1v) is 7.89. The molecule has 1 saturated heterocycles. The summed E-state index contributed by atoms with van der Waals surface area (Å²) < 4.78 is 11.0. The van der Waals surface area contributed by atoms with Crippen molar-refractivity contribution in [3.63, 3.8) is 0 Å². The third-order valence-corrected chi connectivity index (χ3v) is 3.97. The zero-order valence-corrected chi connectivity index (χ0v) is 13.5. The first kappa shape index (κ1) is 17.1. The zero-order valence-electron chi connectivity index (χ0n) is 13.5. The van der Waals surface area contributed by atoms with Gasteiger partial charge in [-0.2, -0.15) is 0 Å². The van der Waals surface area contributed by atoms with Gasteiger partial charge in [0.2, 0.25) is 0 Å². The standard InChI is InChI=1S/C17H23NO5/c1-3-22-14-6-4-5-7-15(14)23-11-16(19)18-9-8-12(2)10-13(18)17(20)21/h4-7,12-13H,3,8-11H2,1-2H3,(H,20,21). The highest BCUT2D eigenvalue weighted by molar-refractivity contribution is 5.84. The third-order valence-electron chi connectivity index (χ3n) is 3.97. The van der Waals surface area contributed by atoms with Gasteiger partial charge in [0, 0.05) is 6.54 Å². The number of carbonyl (C=O) groups excluding carboxylic acids is 1. The van der Waals surface area contributed by atoms with E-state index < -0.39 is 12.0 Å². The van der Waals surface area contributed by atoms with E-state index in [-0.39, 0.29) is 12.5 Å². The van der Waals surface area contributed by atoms with Gasteiger partial charge in [0.1, 0.15) is 6.04 Å². The van der Waals surface area contributed by atoms with E-state index in [4.69, 9.17) is 9.47 Å². The van der Waals surface area contributed by atoms with Crippen LogP contribution in [0, 0.1) is 5.92 Å². The van der Waals surface area contributed by atoms with Gasteiger partial charge < -0.3 is 19.5 Å². The minimum Gasteiger partial charge on any atom is -0.490 e. The van der Waals surface area contributed by atoms with Crippen LogP contribution in [-0.4, -0.2) is 47.7 Å². The fraction of sp³-hybridized carbons (Fsp3) is 0.529. The molecule has 1 aliphatic heterocycles. The Morgan fingerprint density at radius 1 is 1.26 bits per heavy atom. The SMILES string of the molecule is CCOc1ccccc1OCC(=O)N1CCC(C)CC1C(=O)O. The highest BCUT2D eigenvalue weighted by Crippen LogP contribution is 2.27. The van der Waals surface area contributed by atoms with Gasteiger partial charge in [-0.05, 0) is 37.8 Å². The molecule has 6 nitrogen and oxygen atoms in total. The summed E-state index contributed by atoms with van der Waals surface area (Å²) in [4.78, 5) is 25.1. The monoisotopic (exact) mass is 321 g/mol. The zero-order chi connectivity index (χ0) is 16.8. The molecule has 2 rings (SSSR count). The summed E-state index contributed by atoms with van der Waals surface area (Å²) in [5, 5.41) is 9.32. The Hall–Kier alpha value is -2.24. The first-order chi connectivity index (χ1) is 11.0. The second-order valence-electron chi connectivity index (χ2n) is 5.74. The second-order valence-corrected chi connectivity index (χ2v) is 5.74. The van der Waals surface area contributed by atoms with Gasteiger partial charge in [0.15, 0.2) is 18.1 Å². The molecule has 126 valence electrons. The minimum absolute atomic E-state index is 0.192. The van der Waals surface area contributed by atoms with Crippen LogP contribution < -0.4 is 9.47 Å². The van der Waals surface area contributed by atoms with Crippen molar-refractivity contribution in [2.24, 2.45) is 5.92 Å². The van der Waals surface area contributed by atoms with E-state index in [9.17, 15) is 14.7 Å². The van der Waals surface area contributed by atoms with Crippen molar-refractivity contribution in [3.05, 3.63) is 24.3 Å². The van der Waals surface area contributed by atoms with E-state index in [0.29, 0.717) is 37.0 Å². The number of nitrogens with zero attached hydrogens (tertiary/aromatic N) is 1. The average Bonchev–Trinajstić information content (AvgIpc) is 2.54. The van der Waals surface area contributed by atoms with Crippen LogP contribution in [0.1, 0.15) is 26.7 Å². The van der Waals surface area contributed by atoms with Crippen molar-refractivity contribution in [2.45, 2.75) is 32.7 Å². The molecule has 1 N–H and O–H groups in total. The van der Waals surface area contributed by atoms with E-state index in [1.165, 1.54) is 4.90 Å². The molecular formula is C17H23NO5. The Kier molecular flexibility index (Phi) is 5.84. The van der Waals surface area contributed by atoms with Crippen LogP contribution in [0.25, 0.3) is 0 Å². The van der Waals surface area contributed by atoms with Crippen molar-refractivity contribution >= 4 is 11.9 Å². The van der Waals surface area contributed by atoms with Crippen LogP contribution in [0.2, 0.25) is 0 Å². The van der Waals surface area contributed by atoms with Gasteiger partial charge in [-0.25, -0.2) is 4.79 Å². The van der Waals surface area contributed by atoms with Crippen LogP contribution in [0.5, 0.6) is 11.5 Å². The number of carboxylic acid groups (broad SMARTS) is 1. The maximum absolute atomic E-state index is 12.4. The summed E-state index contributed by atoms with van der Waals surface area (Å²) in [6, 6.07) is 6.35. The lowest BCUT2D eigenvalue weighted by atomic mass is 9.92. The number of benzene rings is 1. The van der Waals surface area contributed by atoms with Gasteiger partial charge in [-0.1, -0.05) is 19.1 Å². The third kappa shape index (κ3) is 4.37. The number of aliphatic carboxylic acids is 1. The Morgan fingerprint density at radius 2 is 1.91 bits per heavy atom. The molecule has 0 radical (unpaired) electrons. The largest absolute Gasteiger partial charge is 0.490 e. The van der Waals surface area contributed by atoms with Gasteiger partial charge in [-0.3, -0.25) is 4.79 Å². The van der Waals surface area contributed by atoms with Crippen LogP contribution in [0.3, 0.4) is 0 Å². The van der Waals surface area contributed by atoms with Crippen LogP contribution in [0.15, 0.2) is 24.3 Å². The number of hydrogen-bond donors (Lipinski definition) is 1. The predicted molar refractivity (Wildman–Crippen MR) is 84.6 cm³/mol. The van der Waals surface area contributed by atoms with Crippen molar-refractivity contribution in [1.29, 1.82) is 0 Å². The van der Waals surface area contributed by atoms with E-state index >= 15 is 0 Å². The van der Waals surface area contributed by atoms with Gasteiger partial charge in [0.05, 0.1) is 6.61 Å². The lowest BCUT2D eigenvalue weighted by Crippen LogP contribution is -2.51. The molecule has 1 heterocycles. The summed E-state index contributed by atoms with van der Waals surface area (Å²) in [5.41, 5.74) is 0. The number of likely N-dealkylation sites (tertiary alicyclic amines) is 1. The number of rotatable bonds is 6. The number of carbonyl (C=O) groups is 2. The highest BCUT2D eigenvalue weighted by atomic mass is 16.5. The van der Waals surface area contributed by atoms with Crippen molar-refractivity contribution < 1.29 is 24.2 Å². The molecule has 1 aromatic rings. The summed E-state index contributed by atoms with van der Waals surface area (Å²) >= 11 is 0. The molecule has 1 aliphatic rings. The lowest BCUT2D eigenvalue weighted by Gasteiger charge is -2.35. The number of hydrogen-bond acceptors (Lipinski definition) is 4. The van der Waals surface area contributed by atoms with Gasteiger partial charge in [0.25, 0.3) is 5.91 Å². The van der Waals surface area contributed by atoms with Gasteiger partial charge in [-0.15, -0.1) is 0 Å². The van der Waals surface area contributed by atoms with E-state index in [2.05, 4.69) is 0 Å². The van der Waals surface area contributed by atoms with E-state index in [1.54, 1.807) is 18.2 Å². The molecule has 1 aromatic carbocycles. The smallest absolute Gasteiger partial charge is 0.326 e. The molecular weight excluding hydrogens is 298 g/mol. The predicted octanol–water partition coefficient (Wildman–Crippen LogP) is 2.18. The second kappa shape index (κ2) is 7.85. The topological polar surface area (TPSA) is 76.1 Å². The highest BCUT2D eigenvalue weighted by Gasteiger charge is 2.34. The van der Waals surface area contributed by atoms with E-state index in [0.717, 1.165) is 6.42 Å². The summed E-state index contributed by atoms with van der Waals surface area (Å²) in [6.07, 6.45) is 1.29. The van der Waals surface area contributed by atoms with Crippen LogP contribution >= 0.6 is 0 Å². The molecule has 1 fully saturated rings. The number of amides is 1. The van der Waals surface area contributed by atoms with Crippen LogP contribution in [0.4, 0.5) is 0 Å². The van der Waals surface area contributed by atoms with Crippen molar-refractivity contribution in [3.8, 4) is 11.5 Å². The van der Waals surface area contributed by atoms with E-state index in [1.807, 2.05) is 19.9 Å². The Morgan fingerprint density at radius 3 is 2.52 bits per heavy atom. The maximum Gasteiger partial charge on any atom is 0.326 e. The Bertz CT molecular complexity index is 560. The molecule has 2 unspecified atom stereocenters. The number of para-hydroxylation sites is 2. The number of carboxylic acids is 1. The molecule has 0 aliphatic carbocycles. The molecule has 0 spiro atoms. The number of ether oxygens (including phenoxy) is 2. The fourth-order valence-electron chi connectivity index (χ4n) is 2.74. The summed E-state index contributed by atoms with van der Waals surface area (Å²) in [7, 11) is 0. The van der Waals surface area contributed by atoms with Crippen molar-refractivity contribution in [1.82, 2.24) is 4.90 Å². The minimum atomic E-state index is -0.959. The molecule has 6 heteroatoms.